The van der Waals surface area contributed by atoms with Crippen LogP contribution in [0.2, 0.25) is 0 Å². The number of nitrogens with zero attached hydrogens (tertiary/aromatic N) is 3. The first-order chi connectivity index (χ1) is 7.51. The molecule has 1 aromatic rings. The van der Waals surface area contributed by atoms with Crippen molar-refractivity contribution in [1.82, 2.24) is 14.8 Å². The average molecular weight is 224 g/mol. The molecule has 16 heavy (non-hydrogen) atoms. The van der Waals surface area contributed by atoms with Crippen molar-refractivity contribution in [3.8, 4) is 0 Å². The molecule has 0 spiro atoms. The van der Waals surface area contributed by atoms with Crippen LogP contribution >= 0.6 is 0 Å². The SMILES string of the molecule is CCCn1ncnc1CC(C)(N)C(C)CC. The minimum atomic E-state index is -0.201. The van der Waals surface area contributed by atoms with Gasteiger partial charge in [0.2, 0.25) is 0 Å². The molecular weight excluding hydrogens is 200 g/mol. The van der Waals surface area contributed by atoms with Crippen molar-refractivity contribution in [2.45, 2.75) is 59.0 Å². The summed E-state index contributed by atoms with van der Waals surface area (Å²) in [5.41, 5.74) is 6.14. The van der Waals surface area contributed by atoms with E-state index < -0.39 is 0 Å². The van der Waals surface area contributed by atoms with E-state index in [-0.39, 0.29) is 5.54 Å². The molecule has 2 atom stereocenters. The lowest BCUT2D eigenvalue weighted by Gasteiger charge is -2.30. The zero-order valence-electron chi connectivity index (χ0n) is 10.9. The predicted molar refractivity (Wildman–Crippen MR) is 66.1 cm³/mol. The summed E-state index contributed by atoms with van der Waals surface area (Å²) in [7, 11) is 0. The highest BCUT2D eigenvalue weighted by Crippen LogP contribution is 2.21. The van der Waals surface area contributed by atoms with Gasteiger partial charge in [0.1, 0.15) is 12.2 Å². The van der Waals surface area contributed by atoms with Crippen molar-refractivity contribution in [2.24, 2.45) is 11.7 Å². The Morgan fingerprint density at radius 3 is 2.75 bits per heavy atom. The number of rotatable bonds is 6. The van der Waals surface area contributed by atoms with Gasteiger partial charge in [0.15, 0.2) is 0 Å². The summed E-state index contributed by atoms with van der Waals surface area (Å²) in [4.78, 5) is 4.31. The van der Waals surface area contributed by atoms with E-state index in [1.807, 2.05) is 4.68 Å². The van der Waals surface area contributed by atoms with Gasteiger partial charge in [0.25, 0.3) is 0 Å². The summed E-state index contributed by atoms with van der Waals surface area (Å²) in [5.74, 6) is 1.49. The minimum Gasteiger partial charge on any atom is -0.325 e. The molecule has 4 nitrogen and oxygen atoms in total. The highest BCUT2D eigenvalue weighted by molar-refractivity contribution is 4.97. The number of aromatic nitrogens is 3. The molecule has 0 aromatic carbocycles. The maximum absolute atomic E-state index is 6.35. The first kappa shape index (κ1) is 13.2. The van der Waals surface area contributed by atoms with Crippen LogP contribution < -0.4 is 5.73 Å². The molecule has 2 N–H and O–H groups in total. The molecule has 0 radical (unpaired) electrons. The van der Waals surface area contributed by atoms with Gasteiger partial charge < -0.3 is 5.73 Å². The van der Waals surface area contributed by atoms with Crippen molar-refractivity contribution >= 4 is 0 Å². The van der Waals surface area contributed by atoms with E-state index in [0.717, 1.165) is 31.6 Å². The summed E-state index contributed by atoms with van der Waals surface area (Å²) >= 11 is 0. The lowest BCUT2D eigenvalue weighted by atomic mass is 9.83. The third kappa shape index (κ3) is 3.04. The Morgan fingerprint density at radius 2 is 2.19 bits per heavy atom. The lowest BCUT2D eigenvalue weighted by molar-refractivity contribution is 0.296. The third-order valence-electron chi connectivity index (χ3n) is 3.41. The van der Waals surface area contributed by atoms with Gasteiger partial charge in [-0.05, 0) is 19.3 Å². The van der Waals surface area contributed by atoms with Crippen LogP contribution in [0.25, 0.3) is 0 Å². The van der Waals surface area contributed by atoms with Crippen LogP contribution in [0.15, 0.2) is 6.33 Å². The summed E-state index contributed by atoms with van der Waals surface area (Å²) in [6, 6.07) is 0. The van der Waals surface area contributed by atoms with Gasteiger partial charge in [-0.2, -0.15) is 5.10 Å². The maximum Gasteiger partial charge on any atom is 0.138 e. The summed E-state index contributed by atoms with van der Waals surface area (Å²) in [6.45, 7) is 9.53. The van der Waals surface area contributed by atoms with Crippen LogP contribution in [0.5, 0.6) is 0 Å². The Bertz CT molecular complexity index is 317. The van der Waals surface area contributed by atoms with Gasteiger partial charge in [-0.25, -0.2) is 4.98 Å². The van der Waals surface area contributed by atoms with Gasteiger partial charge in [-0.15, -0.1) is 0 Å². The smallest absolute Gasteiger partial charge is 0.138 e. The van der Waals surface area contributed by atoms with Gasteiger partial charge in [-0.1, -0.05) is 27.2 Å². The van der Waals surface area contributed by atoms with E-state index >= 15 is 0 Å². The first-order valence-corrected chi connectivity index (χ1v) is 6.16. The van der Waals surface area contributed by atoms with Crippen LogP contribution in [0.3, 0.4) is 0 Å². The standard InChI is InChI=1S/C12H24N4/c1-5-7-16-11(14-9-15-16)8-12(4,13)10(3)6-2/h9-10H,5-8,13H2,1-4H3. The zero-order chi connectivity index (χ0) is 12.2. The average Bonchev–Trinajstić information content (AvgIpc) is 2.64. The number of aryl methyl sites for hydroxylation is 1. The molecule has 0 amide bonds. The van der Waals surface area contributed by atoms with Crippen LogP contribution in [0.4, 0.5) is 0 Å². The van der Waals surface area contributed by atoms with Crippen LogP contribution in [0, 0.1) is 5.92 Å². The van der Waals surface area contributed by atoms with Crippen molar-refractivity contribution in [3.05, 3.63) is 12.2 Å². The van der Waals surface area contributed by atoms with Crippen LogP contribution in [-0.2, 0) is 13.0 Å². The lowest BCUT2D eigenvalue weighted by Crippen LogP contribution is -2.45. The first-order valence-electron chi connectivity index (χ1n) is 6.16. The van der Waals surface area contributed by atoms with Crippen LogP contribution in [-0.4, -0.2) is 20.3 Å². The van der Waals surface area contributed by atoms with Gasteiger partial charge in [0.05, 0.1) is 0 Å². The molecule has 0 bridgehead atoms. The fraction of sp³-hybridized carbons (Fsp3) is 0.833. The Morgan fingerprint density at radius 1 is 1.50 bits per heavy atom. The van der Waals surface area contributed by atoms with Crippen molar-refractivity contribution in [3.63, 3.8) is 0 Å². The third-order valence-corrected chi connectivity index (χ3v) is 3.41. The predicted octanol–water partition coefficient (Wildman–Crippen LogP) is 1.99. The monoisotopic (exact) mass is 224 g/mol. The Labute approximate surface area is 98.2 Å². The van der Waals surface area contributed by atoms with Crippen molar-refractivity contribution in [2.75, 3.05) is 0 Å². The summed E-state index contributed by atoms with van der Waals surface area (Å²) in [6.07, 6.45) is 4.58. The van der Waals surface area contributed by atoms with Gasteiger partial charge >= 0.3 is 0 Å². The second-order valence-corrected chi connectivity index (χ2v) is 4.89. The molecule has 1 aromatic heterocycles. The molecule has 0 saturated heterocycles. The minimum absolute atomic E-state index is 0.201. The van der Waals surface area contributed by atoms with E-state index in [0.29, 0.717) is 5.92 Å². The molecule has 4 heteroatoms. The zero-order valence-corrected chi connectivity index (χ0v) is 10.9. The molecule has 0 fully saturated rings. The summed E-state index contributed by atoms with van der Waals surface area (Å²) < 4.78 is 1.97. The second kappa shape index (κ2) is 5.43. The van der Waals surface area contributed by atoms with E-state index in [1.165, 1.54) is 0 Å². The molecule has 0 aliphatic rings. The molecule has 2 unspecified atom stereocenters. The maximum atomic E-state index is 6.35. The molecule has 0 aliphatic carbocycles. The van der Waals surface area contributed by atoms with E-state index in [1.54, 1.807) is 6.33 Å². The van der Waals surface area contributed by atoms with Crippen LogP contribution in [0.1, 0.15) is 46.4 Å². The van der Waals surface area contributed by atoms with E-state index in [9.17, 15) is 0 Å². The Hall–Kier alpha value is -0.900. The highest BCUT2D eigenvalue weighted by atomic mass is 15.3. The van der Waals surface area contributed by atoms with Gasteiger partial charge in [-0.3, -0.25) is 4.68 Å². The Balaban J connectivity index is 2.75. The fourth-order valence-electron chi connectivity index (χ4n) is 1.80. The largest absolute Gasteiger partial charge is 0.325 e. The van der Waals surface area contributed by atoms with Crippen molar-refractivity contribution < 1.29 is 0 Å². The van der Waals surface area contributed by atoms with E-state index in [2.05, 4.69) is 37.8 Å². The molecule has 1 heterocycles. The normalized spacial score (nSPS) is 17.1. The molecule has 92 valence electrons. The fourth-order valence-corrected chi connectivity index (χ4v) is 1.80. The van der Waals surface area contributed by atoms with E-state index in [4.69, 9.17) is 5.73 Å². The molecule has 0 aliphatic heterocycles. The summed E-state index contributed by atoms with van der Waals surface area (Å²) in [5, 5.41) is 4.23. The van der Waals surface area contributed by atoms with Crippen molar-refractivity contribution in [1.29, 1.82) is 0 Å². The topological polar surface area (TPSA) is 56.7 Å². The number of hydrogen-bond donors (Lipinski definition) is 1. The quantitative estimate of drug-likeness (QED) is 0.804. The molecule has 0 saturated carbocycles. The number of nitrogens with two attached hydrogens (primary N) is 1. The van der Waals surface area contributed by atoms with Gasteiger partial charge in [0, 0.05) is 18.5 Å². The second-order valence-electron chi connectivity index (χ2n) is 4.89. The molecule has 1 rings (SSSR count). The highest BCUT2D eigenvalue weighted by Gasteiger charge is 2.27. The molecular formula is C12H24N4. The Kier molecular flexibility index (Phi) is 4.47. The number of hydrogen-bond acceptors (Lipinski definition) is 3.